The standard InChI is InChI=1S/C16H13N5O3/c17-16-20-14-12(24-16)2-1-10(19-14)15-18-5-9-11(22)7-23-6-8-3-4-21(15)13(8)9/h1-2,5,7,22H,3-4,6H2,(H2,17,19,20). The summed E-state index contributed by atoms with van der Waals surface area (Å²) >= 11 is 0. The second kappa shape index (κ2) is 4.60. The first-order valence-corrected chi connectivity index (χ1v) is 7.53. The van der Waals surface area contributed by atoms with E-state index in [2.05, 4.69) is 19.9 Å². The second-order valence-electron chi connectivity index (χ2n) is 5.73. The molecule has 0 aromatic carbocycles. The smallest absolute Gasteiger partial charge is 0.294 e. The topological polar surface area (TPSA) is 110 Å². The molecule has 3 aliphatic rings. The van der Waals surface area contributed by atoms with Gasteiger partial charge in [-0.1, -0.05) is 0 Å². The molecule has 3 aliphatic heterocycles. The van der Waals surface area contributed by atoms with E-state index >= 15 is 0 Å². The van der Waals surface area contributed by atoms with Gasteiger partial charge in [-0.2, -0.15) is 4.98 Å². The van der Waals surface area contributed by atoms with Gasteiger partial charge in [0.1, 0.15) is 18.6 Å². The van der Waals surface area contributed by atoms with E-state index in [1.807, 2.05) is 6.07 Å². The Labute approximate surface area is 136 Å². The van der Waals surface area contributed by atoms with Gasteiger partial charge in [-0.25, -0.2) is 9.98 Å². The largest absolute Gasteiger partial charge is 0.504 e. The van der Waals surface area contributed by atoms with Crippen molar-refractivity contribution in [3.63, 3.8) is 0 Å². The highest BCUT2D eigenvalue weighted by atomic mass is 16.5. The Morgan fingerprint density at radius 3 is 3.08 bits per heavy atom. The molecule has 2 aromatic heterocycles. The predicted octanol–water partition coefficient (Wildman–Crippen LogP) is 1.84. The number of oxazole rings is 1. The Hall–Kier alpha value is -3.29. The molecule has 3 N–H and O–H groups in total. The van der Waals surface area contributed by atoms with Crippen LogP contribution < -0.4 is 5.73 Å². The number of rotatable bonds is 1. The zero-order chi connectivity index (χ0) is 16.3. The summed E-state index contributed by atoms with van der Waals surface area (Å²) < 4.78 is 10.7. The first-order valence-electron chi connectivity index (χ1n) is 7.53. The molecule has 0 saturated heterocycles. The van der Waals surface area contributed by atoms with E-state index in [0.717, 1.165) is 24.2 Å². The molecule has 120 valence electrons. The predicted molar refractivity (Wildman–Crippen MR) is 85.8 cm³/mol. The Balaban J connectivity index is 1.66. The van der Waals surface area contributed by atoms with Gasteiger partial charge in [-0.15, -0.1) is 0 Å². The van der Waals surface area contributed by atoms with Gasteiger partial charge in [0, 0.05) is 12.7 Å². The molecule has 0 aliphatic carbocycles. The molecule has 2 aromatic rings. The summed E-state index contributed by atoms with van der Waals surface area (Å²) in [4.78, 5) is 15.1. The fraction of sp³-hybridized carbons (Fsp3) is 0.188. The SMILES string of the molecule is Nc1nc2nc(C3=NC=C4C(O)=COCC5=C4N3CC5)ccc2o1. The lowest BCUT2D eigenvalue weighted by Crippen LogP contribution is -2.32. The van der Waals surface area contributed by atoms with Crippen molar-refractivity contribution in [2.75, 3.05) is 18.9 Å². The lowest BCUT2D eigenvalue weighted by atomic mass is 10.1. The third kappa shape index (κ3) is 1.76. The molecule has 5 heterocycles. The van der Waals surface area contributed by atoms with Gasteiger partial charge in [-0.3, -0.25) is 0 Å². The van der Waals surface area contributed by atoms with Crippen LogP contribution in [-0.2, 0) is 4.74 Å². The van der Waals surface area contributed by atoms with Crippen molar-refractivity contribution in [3.8, 4) is 0 Å². The summed E-state index contributed by atoms with van der Waals surface area (Å²) in [6.07, 6.45) is 3.87. The van der Waals surface area contributed by atoms with E-state index in [-0.39, 0.29) is 11.8 Å². The van der Waals surface area contributed by atoms with Gasteiger partial charge in [0.2, 0.25) is 5.65 Å². The summed E-state index contributed by atoms with van der Waals surface area (Å²) in [5.41, 5.74) is 10.0. The molecule has 8 nitrogen and oxygen atoms in total. The van der Waals surface area contributed by atoms with Crippen LogP contribution in [0.15, 0.2) is 56.6 Å². The normalized spacial score (nSPS) is 19.5. The molecule has 0 saturated carbocycles. The minimum absolute atomic E-state index is 0.0855. The monoisotopic (exact) mass is 323 g/mol. The maximum atomic E-state index is 10.1. The van der Waals surface area contributed by atoms with E-state index in [1.165, 1.54) is 6.26 Å². The van der Waals surface area contributed by atoms with E-state index in [0.29, 0.717) is 34.9 Å². The van der Waals surface area contributed by atoms with Gasteiger partial charge in [0.25, 0.3) is 6.01 Å². The number of aliphatic imine (C=N–C) groups is 1. The van der Waals surface area contributed by atoms with Crippen LogP contribution in [0.3, 0.4) is 0 Å². The third-order valence-corrected chi connectivity index (χ3v) is 4.30. The molecule has 0 amide bonds. The van der Waals surface area contributed by atoms with Gasteiger partial charge >= 0.3 is 0 Å². The highest BCUT2D eigenvalue weighted by Gasteiger charge is 2.35. The Morgan fingerprint density at radius 2 is 2.17 bits per heavy atom. The van der Waals surface area contributed by atoms with E-state index in [9.17, 15) is 5.11 Å². The molecule has 24 heavy (non-hydrogen) atoms. The maximum absolute atomic E-state index is 10.1. The van der Waals surface area contributed by atoms with Crippen LogP contribution in [0.1, 0.15) is 12.1 Å². The Morgan fingerprint density at radius 1 is 1.25 bits per heavy atom. The molecular formula is C16H13N5O3. The Kier molecular flexibility index (Phi) is 2.53. The van der Waals surface area contributed by atoms with Gasteiger partial charge in [0.15, 0.2) is 17.2 Å². The number of ether oxygens (including phenoxy) is 1. The third-order valence-electron chi connectivity index (χ3n) is 4.30. The first-order chi connectivity index (χ1) is 11.7. The molecular weight excluding hydrogens is 310 g/mol. The molecule has 0 spiro atoms. The number of aliphatic hydroxyl groups excluding tert-OH is 1. The number of nitrogens with two attached hydrogens (primary N) is 1. The lowest BCUT2D eigenvalue weighted by Gasteiger charge is -2.27. The number of pyridine rings is 1. The molecule has 0 unspecified atom stereocenters. The number of aromatic nitrogens is 2. The van der Waals surface area contributed by atoms with Crippen LogP contribution in [0.4, 0.5) is 6.01 Å². The molecule has 0 atom stereocenters. The van der Waals surface area contributed by atoms with Crippen molar-refractivity contribution in [1.82, 2.24) is 14.9 Å². The van der Waals surface area contributed by atoms with Crippen molar-refractivity contribution in [1.29, 1.82) is 0 Å². The molecule has 5 rings (SSSR count). The van der Waals surface area contributed by atoms with Crippen molar-refractivity contribution < 1.29 is 14.3 Å². The van der Waals surface area contributed by atoms with Crippen LogP contribution >= 0.6 is 0 Å². The van der Waals surface area contributed by atoms with Gasteiger partial charge in [0.05, 0.1) is 11.3 Å². The van der Waals surface area contributed by atoms with Gasteiger partial charge < -0.3 is 24.9 Å². The molecule has 0 bridgehead atoms. The number of nitrogen functional groups attached to an aromatic ring is 1. The van der Waals surface area contributed by atoms with E-state index in [1.54, 1.807) is 12.3 Å². The zero-order valence-corrected chi connectivity index (χ0v) is 12.6. The molecule has 8 heteroatoms. The number of anilines is 1. The van der Waals surface area contributed by atoms with Gasteiger partial charge in [-0.05, 0) is 24.1 Å². The minimum Gasteiger partial charge on any atom is -0.504 e. The zero-order valence-electron chi connectivity index (χ0n) is 12.6. The molecule has 0 fully saturated rings. The maximum Gasteiger partial charge on any atom is 0.294 e. The highest BCUT2D eigenvalue weighted by molar-refractivity contribution is 6.01. The van der Waals surface area contributed by atoms with E-state index < -0.39 is 0 Å². The minimum atomic E-state index is 0.0855. The summed E-state index contributed by atoms with van der Waals surface area (Å²) in [6, 6.07) is 3.69. The summed E-state index contributed by atoms with van der Waals surface area (Å²) in [6.45, 7) is 1.23. The van der Waals surface area contributed by atoms with Crippen molar-refractivity contribution in [2.24, 2.45) is 4.99 Å². The number of hydrogen-bond donors (Lipinski definition) is 2. The highest BCUT2D eigenvalue weighted by Crippen LogP contribution is 2.37. The summed E-state index contributed by atoms with van der Waals surface area (Å²) in [5.74, 6) is 0.796. The van der Waals surface area contributed by atoms with E-state index in [4.69, 9.17) is 14.9 Å². The van der Waals surface area contributed by atoms with Crippen molar-refractivity contribution in [3.05, 3.63) is 52.9 Å². The number of hydrogen-bond acceptors (Lipinski definition) is 8. The molecule has 0 radical (unpaired) electrons. The van der Waals surface area contributed by atoms with Crippen LogP contribution in [0.2, 0.25) is 0 Å². The average molecular weight is 323 g/mol. The fourth-order valence-electron chi connectivity index (χ4n) is 3.25. The summed E-state index contributed by atoms with van der Waals surface area (Å²) in [7, 11) is 0. The number of aliphatic hydroxyl groups is 1. The lowest BCUT2D eigenvalue weighted by molar-refractivity contribution is 0.259. The quantitative estimate of drug-likeness (QED) is 0.824. The number of amidine groups is 1. The second-order valence-corrected chi connectivity index (χ2v) is 5.73. The van der Waals surface area contributed by atoms with Crippen LogP contribution in [0.25, 0.3) is 11.2 Å². The fourth-order valence-corrected chi connectivity index (χ4v) is 3.25. The van der Waals surface area contributed by atoms with Crippen molar-refractivity contribution >= 4 is 23.1 Å². The van der Waals surface area contributed by atoms with Crippen LogP contribution in [0.5, 0.6) is 0 Å². The van der Waals surface area contributed by atoms with Crippen LogP contribution in [0, 0.1) is 0 Å². The van der Waals surface area contributed by atoms with Crippen LogP contribution in [-0.4, -0.2) is 39.0 Å². The van der Waals surface area contributed by atoms with Crippen molar-refractivity contribution in [2.45, 2.75) is 6.42 Å². The number of nitrogens with zero attached hydrogens (tertiary/aromatic N) is 4. The summed E-state index contributed by atoms with van der Waals surface area (Å²) in [5, 5.41) is 10.1. The Bertz CT molecular complexity index is 998. The average Bonchev–Trinajstić information content (AvgIpc) is 3.11. The number of fused-ring (bicyclic) bond motifs is 1. The first kappa shape index (κ1) is 13.2.